The van der Waals surface area contributed by atoms with Gasteiger partial charge in [0.25, 0.3) is 0 Å². The fourth-order valence-electron chi connectivity index (χ4n) is 2.41. The third kappa shape index (κ3) is 4.67. The minimum atomic E-state index is -1.04. The van der Waals surface area contributed by atoms with Gasteiger partial charge in [-0.1, -0.05) is 35.5 Å². The quantitative estimate of drug-likeness (QED) is 0.815. The van der Waals surface area contributed by atoms with Crippen molar-refractivity contribution in [1.29, 1.82) is 0 Å². The van der Waals surface area contributed by atoms with Crippen LogP contribution >= 0.6 is 0 Å². The van der Waals surface area contributed by atoms with E-state index >= 15 is 0 Å². The number of rotatable bonds is 7. The number of aryl methyl sites for hydroxylation is 2. The lowest BCUT2D eigenvalue weighted by Gasteiger charge is -2.14. The fraction of sp³-hybridized carbons (Fsp3) is 0.353. The number of aliphatic carboxylic acids is 1. The molecule has 6 nitrogen and oxygen atoms in total. The molecule has 0 bridgehead atoms. The van der Waals surface area contributed by atoms with E-state index < -0.39 is 12.0 Å². The number of carbonyl (C=O) groups is 2. The molecule has 0 radical (unpaired) electrons. The van der Waals surface area contributed by atoms with Crippen molar-refractivity contribution >= 4 is 11.9 Å². The van der Waals surface area contributed by atoms with Crippen molar-refractivity contribution in [3.8, 4) is 0 Å². The van der Waals surface area contributed by atoms with E-state index in [2.05, 4.69) is 10.5 Å². The van der Waals surface area contributed by atoms with Gasteiger partial charge in [0.05, 0.1) is 5.69 Å². The van der Waals surface area contributed by atoms with Crippen molar-refractivity contribution in [3.63, 3.8) is 0 Å². The first-order valence-electron chi connectivity index (χ1n) is 7.45. The Morgan fingerprint density at radius 3 is 2.52 bits per heavy atom. The van der Waals surface area contributed by atoms with Gasteiger partial charge in [-0.05, 0) is 25.8 Å². The number of carboxylic acid groups (broad SMARTS) is 1. The maximum Gasteiger partial charge on any atom is 0.326 e. The van der Waals surface area contributed by atoms with Crippen LogP contribution in [-0.2, 0) is 22.4 Å². The summed E-state index contributed by atoms with van der Waals surface area (Å²) < 4.78 is 5.05. The largest absolute Gasteiger partial charge is 0.480 e. The van der Waals surface area contributed by atoms with Crippen LogP contribution in [0, 0.1) is 13.8 Å². The van der Waals surface area contributed by atoms with Crippen LogP contribution in [0.4, 0.5) is 0 Å². The number of nitrogens with one attached hydrogen (secondary N) is 1. The summed E-state index contributed by atoms with van der Waals surface area (Å²) in [5, 5.41) is 15.7. The Morgan fingerprint density at radius 2 is 1.96 bits per heavy atom. The van der Waals surface area contributed by atoms with E-state index in [0.29, 0.717) is 12.2 Å². The highest BCUT2D eigenvalue weighted by Crippen LogP contribution is 2.14. The molecule has 23 heavy (non-hydrogen) atoms. The van der Waals surface area contributed by atoms with Crippen molar-refractivity contribution < 1.29 is 19.2 Å². The topological polar surface area (TPSA) is 92.4 Å². The predicted molar refractivity (Wildman–Crippen MR) is 84.0 cm³/mol. The molecule has 2 aromatic rings. The molecule has 1 atom stereocenters. The molecule has 0 aliphatic heterocycles. The zero-order chi connectivity index (χ0) is 16.8. The van der Waals surface area contributed by atoms with E-state index in [0.717, 1.165) is 16.8 Å². The molecule has 6 heteroatoms. The molecule has 2 N–H and O–H groups in total. The predicted octanol–water partition coefficient (Wildman–Crippen LogP) is 2.04. The van der Waals surface area contributed by atoms with Crippen molar-refractivity contribution in [2.45, 2.75) is 39.2 Å². The summed E-state index contributed by atoms with van der Waals surface area (Å²) in [4.78, 5) is 23.4. The molecule has 0 saturated heterocycles. The molecular formula is C17H20N2O4. The fourth-order valence-corrected chi connectivity index (χ4v) is 2.41. The van der Waals surface area contributed by atoms with E-state index in [-0.39, 0.29) is 18.7 Å². The van der Waals surface area contributed by atoms with Crippen molar-refractivity contribution in [2.75, 3.05) is 0 Å². The summed E-state index contributed by atoms with van der Waals surface area (Å²) in [5.74, 6) is -0.651. The van der Waals surface area contributed by atoms with Crippen LogP contribution in [0.3, 0.4) is 0 Å². The van der Waals surface area contributed by atoms with Gasteiger partial charge in [-0.25, -0.2) is 4.79 Å². The van der Waals surface area contributed by atoms with Gasteiger partial charge in [-0.3, -0.25) is 4.79 Å². The standard InChI is InChI=1S/C17H20N2O4/c1-11-14(12(2)23-19-11)8-9-16(20)18-15(17(21)22)10-13-6-4-3-5-7-13/h3-7,15H,8-10H2,1-2H3,(H,18,20)(H,21,22). The Morgan fingerprint density at radius 1 is 1.26 bits per heavy atom. The summed E-state index contributed by atoms with van der Waals surface area (Å²) in [7, 11) is 0. The highest BCUT2D eigenvalue weighted by molar-refractivity contribution is 5.83. The van der Waals surface area contributed by atoms with Crippen LogP contribution in [0.1, 0.15) is 29.0 Å². The second-order valence-corrected chi connectivity index (χ2v) is 5.45. The monoisotopic (exact) mass is 316 g/mol. The minimum absolute atomic E-state index is 0.196. The van der Waals surface area contributed by atoms with Gasteiger partial charge >= 0.3 is 5.97 Å². The third-order valence-corrected chi connectivity index (χ3v) is 3.70. The number of aromatic nitrogens is 1. The first-order chi connectivity index (χ1) is 11.0. The third-order valence-electron chi connectivity index (χ3n) is 3.70. The molecule has 0 aliphatic rings. The van der Waals surface area contributed by atoms with Gasteiger partial charge < -0.3 is 14.9 Å². The van der Waals surface area contributed by atoms with Crippen LogP contribution in [0.2, 0.25) is 0 Å². The number of carboxylic acids is 1. The van der Waals surface area contributed by atoms with Crippen LogP contribution in [0.25, 0.3) is 0 Å². The highest BCUT2D eigenvalue weighted by atomic mass is 16.5. The molecule has 122 valence electrons. The van der Waals surface area contributed by atoms with E-state index in [1.165, 1.54) is 0 Å². The van der Waals surface area contributed by atoms with Gasteiger partial charge in [0.1, 0.15) is 11.8 Å². The summed E-state index contributed by atoms with van der Waals surface area (Å²) in [6.45, 7) is 3.61. The molecule has 0 fully saturated rings. The lowest BCUT2D eigenvalue weighted by atomic mass is 10.0. The maximum atomic E-state index is 12.0. The maximum absolute atomic E-state index is 12.0. The van der Waals surface area contributed by atoms with E-state index in [4.69, 9.17) is 4.52 Å². The van der Waals surface area contributed by atoms with Crippen molar-refractivity contribution in [2.24, 2.45) is 0 Å². The average molecular weight is 316 g/mol. The zero-order valence-corrected chi connectivity index (χ0v) is 13.2. The summed E-state index contributed by atoms with van der Waals surface area (Å²) in [5.41, 5.74) is 2.52. The van der Waals surface area contributed by atoms with Crippen molar-refractivity contribution in [1.82, 2.24) is 10.5 Å². The van der Waals surface area contributed by atoms with Gasteiger partial charge in [0.2, 0.25) is 5.91 Å². The minimum Gasteiger partial charge on any atom is -0.480 e. The van der Waals surface area contributed by atoms with Crippen LogP contribution in [0.15, 0.2) is 34.9 Å². The number of carbonyl (C=O) groups excluding carboxylic acids is 1. The Kier molecular flexibility index (Phi) is 5.51. The number of hydrogen-bond acceptors (Lipinski definition) is 4. The van der Waals surface area contributed by atoms with Crippen molar-refractivity contribution in [3.05, 3.63) is 52.9 Å². The molecule has 0 saturated carbocycles. The first kappa shape index (κ1) is 16.7. The van der Waals surface area contributed by atoms with Crippen LogP contribution in [-0.4, -0.2) is 28.2 Å². The number of benzene rings is 1. The summed E-state index contributed by atoms with van der Waals surface area (Å²) in [6, 6.07) is 8.29. The smallest absolute Gasteiger partial charge is 0.326 e. The van der Waals surface area contributed by atoms with Gasteiger partial charge in [-0.15, -0.1) is 0 Å². The lowest BCUT2D eigenvalue weighted by molar-refractivity contribution is -0.141. The summed E-state index contributed by atoms with van der Waals surface area (Å²) >= 11 is 0. The van der Waals surface area contributed by atoms with E-state index in [1.54, 1.807) is 6.92 Å². The second-order valence-electron chi connectivity index (χ2n) is 5.45. The molecule has 1 unspecified atom stereocenters. The molecule has 1 aromatic heterocycles. The number of amides is 1. The van der Waals surface area contributed by atoms with Gasteiger partial charge in [-0.2, -0.15) is 0 Å². The Labute approximate surface area is 134 Å². The molecule has 1 amide bonds. The Hall–Kier alpha value is -2.63. The number of hydrogen-bond donors (Lipinski definition) is 2. The van der Waals surface area contributed by atoms with Crippen LogP contribution in [0.5, 0.6) is 0 Å². The normalized spacial score (nSPS) is 11.9. The molecular weight excluding hydrogens is 296 g/mol. The lowest BCUT2D eigenvalue weighted by Crippen LogP contribution is -2.42. The van der Waals surface area contributed by atoms with Gasteiger partial charge in [0.15, 0.2) is 0 Å². The Balaban J connectivity index is 1.92. The second kappa shape index (κ2) is 7.58. The van der Waals surface area contributed by atoms with E-state index in [9.17, 15) is 14.7 Å². The molecule has 2 rings (SSSR count). The molecule has 0 aliphatic carbocycles. The van der Waals surface area contributed by atoms with Gasteiger partial charge in [0, 0.05) is 18.4 Å². The molecule has 1 heterocycles. The summed E-state index contributed by atoms with van der Waals surface area (Å²) in [6.07, 6.45) is 0.930. The highest BCUT2D eigenvalue weighted by Gasteiger charge is 2.20. The first-order valence-corrected chi connectivity index (χ1v) is 7.45. The molecule has 0 spiro atoms. The number of nitrogens with zero attached hydrogens (tertiary/aromatic N) is 1. The molecule has 1 aromatic carbocycles. The van der Waals surface area contributed by atoms with Crippen LogP contribution < -0.4 is 5.32 Å². The zero-order valence-electron chi connectivity index (χ0n) is 13.2. The SMILES string of the molecule is Cc1noc(C)c1CCC(=O)NC(Cc1ccccc1)C(=O)O. The average Bonchev–Trinajstić information content (AvgIpc) is 2.84. The van der Waals surface area contributed by atoms with E-state index in [1.807, 2.05) is 37.3 Å². The Bertz CT molecular complexity index is 660.